The Bertz CT molecular complexity index is 164. The molecule has 0 aromatic carbocycles. The third-order valence-electron chi connectivity index (χ3n) is 4.39. The van der Waals surface area contributed by atoms with Crippen LogP contribution >= 0.6 is 0 Å². The van der Waals surface area contributed by atoms with Crippen LogP contribution in [-0.2, 0) is 0 Å². The molecule has 1 rings (SSSR count). The zero-order valence-corrected chi connectivity index (χ0v) is 11.6. The van der Waals surface area contributed by atoms with E-state index in [0.29, 0.717) is 5.54 Å². The topological polar surface area (TPSA) is 12.0 Å². The third-order valence-corrected chi connectivity index (χ3v) is 4.39. The summed E-state index contributed by atoms with van der Waals surface area (Å²) < 4.78 is 0. The number of nitrogens with one attached hydrogen (secondary N) is 1. The summed E-state index contributed by atoms with van der Waals surface area (Å²) >= 11 is 0. The standard InChI is InChI=1S/C15H31N/c1-4-10-15(13-14(5-2)6-3)11-8-7-9-12-16-15/h14,16H,4-13H2,1-3H3. The lowest BCUT2D eigenvalue weighted by Gasteiger charge is -2.37. The second-order valence-corrected chi connectivity index (χ2v) is 5.65. The number of hydrogen-bond acceptors (Lipinski definition) is 1. The van der Waals surface area contributed by atoms with Gasteiger partial charge in [0, 0.05) is 5.54 Å². The first-order valence-corrected chi connectivity index (χ1v) is 7.51. The van der Waals surface area contributed by atoms with E-state index in [9.17, 15) is 0 Å². The molecule has 0 aliphatic carbocycles. The normalized spacial score (nSPS) is 27.0. The lowest BCUT2D eigenvalue weighted by Crippen LogP contribution is -2.46. The van der Waals surface area contributed by atoms with Gasteiger partial charge < -0.3 is 5.32 Å². The minimum Gasteiger partial charge on any atom is -0.311 e. The maximum absolute atomic E-state index is 3.90. The van der Waals surface area contributed by atoms with Crippen LogP contribution in [0.3, 0.4) is 0 Å². The third kappa shape index (κ3) is 4.08. The van der Waals surface area contributed by atoms with Crippen LogP contribution < -0.4 is 5.32 Å². The van der Waals surface area contributed by atoms with Gasteiger partial charge in [-0.25, -0.2) is 0 Å². The molecule has 0 amide bonds. The van der Waals surface area contributed by atoms with Crippen molar-refractivity contribution >= 4 is 0 Å². The monoisotopic (exact) mass is 225 g/mol. The van der Waals surface area contributed by atoms with Gasteiger partial charge in [0.05, 0.1) is 0 Å². The highest BCUT2D eigenvalue weighted by atomic mass is 15.0. The van der Waals surface area contributed by atoms with Crippen molar-refractivity contribution in [1.82, 2.24) is 5.32 Å². The summed E-state index contributed by atoms with van der Waals surface area (Å²) in [5.74, 6) is 0.928. The summed E-state index contributed by atoms with van der Waals surface area (Å²) in [6, 6.07) is 0. The van der Waals surface area contributed by atoms with Crippen LogP contribution in [0.25, 0.3) is 0 Å². The number of hydrogen-bond donors (Lipinski definition) is 1. The summed E-state index contributed by atoms with van der Waals surface area (Å²) in [6.07, 6.45) is 12.5. The molecule has 96 valence electrons. The fraction of sp³-hybridized carbons (Fsp3) is 1.00. The fourth-order valence-corrected chi connectivity index (χ4v) is 3.31. The molecule has 0 aromatic heterocycles. The first-order valence-electron chi connectivity index (χ1n) is 7.51. The van der Waals surface area contributed by atoms with Crippen LogP contribution in [0.5, 0.6) is 0 Å². The molecule has 0 saturated carbocycles. The summed E-state index contributed by atoms with van der Waals surface area (Å²) in [6.45, 7) is 8.29. The first kappa shape index (κ1) is 14.0. The molecule has 0 aromatic rings. The van der Waals surface area contributed by atoms with Crippen molar-refractivity contribution in [2.24, 2.45) is 5.92 Å². The first-order chi connectivity index (χ1) is 7.76. The summed E-state index contributed by atoms with van der Waals surface area (Å²) in [4.78, 5) is 0. The van der Waals surface area contributed by atoms with E-state index < -0.39 is 0 Å². The highest BCUT2D eigenvalue weighted by molar-refractivity contribution is 4.91. The van der Waals surface area contributed by atoms with Crippen molar-refractivity contribution < 1.29 is 0 Å². The molecule has 1 unspecified atom stereocenters. The molecule has 1 aliphatic heterocycles. The van der Waals surface area contributed by atoms with Gasteiger partial charge >= 0.3 is 0 Å². The quantitative estimate of drug-likeness (QED) is 0.701. The average molecular weight is 225 g/mol. The van der Waals surface area contributed by atoms with Crippen molar-refractivity contribution in [2.75, 3.05) is 6.54 Å². The van der Waals surface area contributed by atoms with Gasteiger partial charge in [0.15, 0.2) is 0 Å². The van der Waals surface area contributed by atoms with Crippen molar-refractivity contribution in [2.45, 2.75) is 84.1 Å². The molecule has 1 aliphatic rings. The molecule has 0 radical (unpaired) electrons. The highest BCUT2D eigenvalue weighted by Gasteiger charge is 2.31. The largest absolute Gasteiger partial charge is 0.311 e. The van der Waals surface area contributed by atoms with Crippen LogP contribution in [-0.4, -0.2) is 12.1 Å². The second kappa shape index (κ2) is 7.32. The van der Waals surface area contributed by atoms with Crippen LogP contribution in [0.4, 0.5) is 0 Å². The van der Waals surface area contributed by atoms with E-state index in [4.69, 9.17) is 0 Å². The van der Waals surface area contributed by atoms with E-state index in [1.54, 1.807) is 0 Å². The predicted molar refractivity (Wildman–Crippen MR) is 72.8 cm³/mol. The van der Waals surface area contributed by atoms with Gasteiger partial charge in [-0.1, -0.05) is 52.9 Å². The Kier molecular flexibility index (Phi) is 6.41. The Morgan fingerprint density at radius 3 is 2.44 bits per heavy atom. The van der Waals surface area contributed by atoms with Gasteiger partial charge in [-0.2, -0.15) is 0 Å². The Morgan fingerprint density at radius 1 is 1.06 bits per heavy atom. The van der Waals surface area contributed by atoms with E-state index in [0.717, 1.165) is 5.92 Å². The summed E-state index contributed by atoms with van der Waals surface area (Å²) in [7, 11) is 0. The molecule has 1 saturated heterocycles. The highest BCUT2D eigenvalue weighted by Crippen LogP contribution is 2.32. The molecule has 1 atom stereocenters. The molecule has 1 heterocycles. The van der Waals surface area contributed by atoms with Gasteiger partial charge in [-0.15, -0.1) is 0 Å². The minimum atomic E-state index is 0.488. The summed E-state index contributed by atoms with van der Waals surface area (Å²) in [5.41, 5.74) is 0.488. The van der Waals surface area contributed by atoms with E-state index in [1.807, 2.05) is 0 Å². The Morgan fingerprint density at radius 2 is 1.81 bits per heavy atom. The van der Waals surface area contributed by atoms with E-state index in [-0.39, 0.29) is 0 Å². The average Bonchev–Trinajstić information content (AvgIpc) is 2.53. The Balaban J connectivity index is 2.61. The van der Waals surface area contributed by atoms with Crippen LogP contribution in [0.1, 0.15) is 78.6 Å². The molecule has 0 spiro atoms. The molecular weight excluding hydrogens is 194 g/mol. The SMILES string of the molecule is CCCC1(CC(CC)CC)CCCCCN1. The second-order valence-electron chi connectivity index (χ2n) is 5.65. The molecule has 1 N–H and O–H groups in total. The summed E-state index contributed by atoms with van der Waals surface area (Å²) in [5, 5.41) is 3.90. The van der Waals surface area contributed by atoms with Crippen molar-refractivity contribution in [3.63, 3.8) is 0 Å². The van der Waals surface area contributed by atoms with Crippen LogP contribution in [0.15, 0.2) is 0 Å². The molecule has 1 nitrogen and oxygen atoms in total. The lowest BCUT2D eigenvalue weighted by molar-refractivity contribution is 0.220. The van der Waals surface area contributed by atoms with Crippen LogP contribution in [0, 0.1) is 5.92 Å². The van der Waals surface area contributed by atoms with Gasteiger partial charge in [-0.05, 0) is 38.1 Å². The molecule has 0 bridgehead atoms. The maximum Gasteiger partial charge on any atom is 0.0184 e. The van der Waals surface area contributed by atoms with Gasteiger partial charge in [-0.3, -0.25) is 0 Å². The Hall–Kier alpha value is -0.0400. The molecule has 1 heteroatoms. The lowest BCUT2D eigenvalue weighted by atomic mass is 9.79. The van der Waals surface area contributed by atoms with E-state index in [2.05, 4.69) is 26.1 Å². The Labute approximate surface area is 102 Å². The predicted octanol–water partition coefficient (Wildman–Crippen LogP) is 4.52. The smallest absolute Gasteiger partial charge is 0.0184 e. The fourth-order valence-electron chi connectivity index (χ4n) is 3.31. The van der Waals surface area contributed by atoms with Crippen molar-refractivity contribution in [3.05, 3.63) is 0 Å². The van der Waals surface area contributed by atoms with Gasteiger partial charge in [0.2, 0.25) is 0 Å². The number of rotatable bonds is 6. The van der Waals surface area contributed by atoms with Gasteiger partial charge in [0.25, 0.3) is 0 Å². The maximum atomic E-state index is 3.90. The van der Waals surface area contributed by atoms with Crippen LogP contribution in [0.2, 0.25) is 0 Å². The van der Waals surface area contributed by atoms with E-state index in [1.165, 1.54) is 64.3 Å². The van der Waals surface area contributed by atoms with E-state index >= 15 is 0 Å². The molecule has 1 fully saturated rings. The molecule has 16 heavy (non-hydrogen) atoms. The minimum absolute atomic E-state index is 0.488. The van der Waals surface area contributed by atoms with Crippen molar-refractivity contribution in [3.8, 4) is 0 Å². The zero-order valence-electron chi connectivity index (χ0n) is 11.6. The van der Waals surface area contributed by atoms with Gasteiger partial charge in [0.1, 0.15) is 0 Å². The molecular formula is C15H31N. The zero-order chi connectivity index (χ0) is 11.9. The van der Waals surface area contributed by atoms with Crippen molar-refractivity contribution in [1.29, 1.82) is 0 Å².